The summed E-state index contributed by atoms with van der Waals surface area (Å²) in [7, 11) is 0. The maximum atomic E-state index is 13.2. The molecule has 0 unspecified atom stereocenters. The summed E-state index contributed by atoms with van der Waals surface area (Å²) < 4.78 is 39.2. The lowest BCUT2D eigenvalue weighted by Crippen LogP contribution is -2.10. The monoisotopic (exact) mass is 704 g/mol. The van der Waals surface area contributed by atoms with Crippen LogP contribution in [0.1, 0.15) is 54.9 Å². The fourth-order valence-corrected chi connectivity index (χ4v) is 5.50. The lowest BCUT2D eigenvalue weighted by atomic mass is 10.1. The largest absolute Gasteiger partial charge is 0.494 e. The molecule has 0 aliphatic heterocycles. The predicted octanol–water partition coefficient (Wildman–Crippen LogP) is 9.74. The van der Waals surface area contributed by atoms with Gasteiger partial charge in [0.05, 0.1) is 25.0 Å². The van der Waals surface area contributed by atoms with Gasteiger partial charge >= 0.3 is 11.9 Å². The van der Waals surface area contributed by atoms with Gasteiger partial charge in [-0.05, 0) is 126 Å². The van der Waals surface area contributed by atoms with Gasteiger partial charge in [0.15, 0.2) is 0 Å². The predicted molar refractivity (Wildman–Crippen MR) is 201 cm³/mol. The number of carbonyl (C=O) groups excluding carboxylic acids is 2. The molecule has 0 bridgehead atoms. The Labute approximate surface area is 304 Å². The number of unbranched alkanes of at least 4 members (excludes halogenated alkanes) is 3. The van der Waals surface area contributed by atoms with Crippen LogP contribution in [0.4, 0.5) is 0 Å². The summed E-state index contributed by atoms with van der Waals surface area (Å²) in [4.78, 5) is 24.2. The van der Waals surface area contributed by atoms with Gasteiger partial charge in [-0.25, -0.2) is 9.59 Å². The van der Waals surface area contributed by atoms with Crippen LogP contribution >= 0.6 is 0 Å². The molecule has 9 nitrogen and oxygen atoms in total. The highest BCUT2D eigenvalue weighted by molar-refractivity contribution is 5.96. The van der Waals surface area contributed by atoms with Crippen LogP contribution in [0.3, 0.4) is 0 Å². The first kappa shape index (κ1) is 37.3. The molecule has 0 aromatic heterocycles. The molecule has 5 rings (SSSR count). The molecule has 52 heavy (non-hydrogen) atoms. The van der Waals surface area contributed by atoms with Crippen molar-refractivity contribution in [1.82, 2.24) is 0 Å². The van der Waals surface area contributed by atoms with E-state index < -0.39 is 5.97 Å². The number of rotatable bonds is 21. The van der Waals surface area contributed by atoms with Crippen LogP contribution in [0.15, 0.2) is 116 Å². The SMILES string of the molecule is C=COCOc1ccc2cc(OCOc3ccc(OC(=O)c4ccc5cc(OCCCCCCOC(=O)C=C)ccc5c4)cc3CCC)ccc2c1. The summed E-state index contributed by atoms with van der Waals surface area (Å²) in [6, 6.07) is 28.2. The number of ether oxygens (including phenoxy) is 7. The van der Waals surface area contributed by atoms with Crippen molar-refractivity contribution in [2.75, 3.05) is 26.8 Å². The summed E-state index contributed by atoms with van der Waals surface area (Å²) >= 11 is 0. The van der Waals surface area contributed by atoms with E-state index in [-0.39, 0.29) is 19.6 Å². The third-order valence-corrected chi connectivity index (χ3v) is 8.16. The van der Waals surface area contributed by atoms with Crippen molar-refractivity contribution in [2.24, 2.45) is 0 Å². The van der Waals surface area contributed by atoms with Gasteiger partial charge in [-0.15, -0.1) is 0 Å². The second-order valence-electron chi connectivity index (χ2n) is 11.9. The minimum Gasteiger partial charge on any atom is -0.494 e. The van der Waals surface area contributed by atoms with Crippen molar-refractivity contribution in [3.63, 3.8) is 0 Å². The molecule has 0 radical (unpaired) electrons. The Morgan fingerprint density at radius 3 is 1.87 bits per heavy atom. The molecule has 0 amide bonds. The molecule has 9 heteroatoms. The van der Waals surface area contributed by atoms with E-state index in [0.29, 0.717) is 41.8 Å². The zero-order valence-electron chi connectivity index (χ0n) is 29.5. The minimum atomic E-state index is -0.444. The summed E-state index contributed by atoms with van der Waals surface area (Å²) in [5, 5.41) is 3.87. The lowest BCUT2D eigenvalue weighted by molar-refractivity contribution is -0.137. The molecule has 0 saturated heterocycles. The van der Waals surface area contributed by atoms with Crippen molar-refractivity contribution >= 4 is 33.5 Å². The van der Waals surface area contributed by atoms with Gasteiger partial charge in [-0.3, -0.25) is 0 Å². The molecule has 0 saturated carbocycles. The van der Waals surface area contributed by atoms with Gasteiger partial charge in [0.25, 0.3) is 0 Å². The molecule has 0 fully saturated rings. The van der Waals surface area contributed by atoms with Crippen LogP contribution in [-0.2, 0) is 20.7 Å². The van der Waals surface area contributed by atoms with Crippen LogP contribution in [0.2, 0.25) is 0 Å². The Bertz CT molecular complexity index is 1980. The molecule has 0 spiro atoms. The second-order valence-corrected chi connectivity index (χ2v) is 11.9. The minimum absolute atomic E-state index is 0.0158. The number of hydrogen-bond acceptors (Lipinski definition) is 9. The highest BCUT2D eigenvalue weighted by atomic mass is 16.7. The third kappa shape index (κ3) is 11.0. The second kappa shape index (κ2) is 19.4. The van der Waals surface area contributed by atoms with E-state index >= 15 is 0 Å². The van der Waals surface area contributed by atoms with E-state index in [2.05, 4.69) is 20.1 Å². The van der Waals surface area contributed by atoms with E-state index in [1.54, 1.807) is 18.2 Å². The van der Waals surface area contributed by atoms with Crippen LogP contribution in [-0.4, -0.2) is 38.7 Å². The number of aryl methyl sites for hydroxylation is 1. The first-order chi connectivity index (χ1) is 25.4. The number of esters is 2. The first-order valence-corrected chi connectivity index (χ1v) is 17.4. The number of hydrogen-bond donors (Lipinski definition) is 0. The van der Waals surface area contributed by atoms with E-state index in [9.17, 15) is 9.59 Å². The van der Waals surface area contributed by atoms with Crippen LogP contribution in [0, 0.1) is 0 Å². The van der Waals surface area contributed by atoms with Gasteiger partial charge in [-0.1, -0.05) is 50.8 Å². The Balaban J connectivity index is 1.11. The van der Waals surface area contributed by atoms with E-state index in [4.69, 9.17) is 33.2 Å². The normalized spacial score (nSPS) is 10.7. The molecule has 270 valence electrons. The molecule has 5 aromatic carbocycles. The van der Waals surface area contributed by atoms with E-state index in [0.717, 1.165) is 71.4 Å². The van der Waals surface area contributed by atoms with Gasteiger partial charge in [-0.2, -0.15) is 0 Å². The highest BCUT2D eigenvalue weighted by Crippen LogP contribution is 2.29. The highest BCUT2D eigenvalue weighted by Gasteiger charge is 2.13. The lowest BCUT2D eigenvalue weighted by Gasteiger charge is -2.14. The molecule has 0 aliphatic rings. The smallest absolute Gasteiger partial charge is 0.343 e. The zero-order chi connectivity index (χ0) is 36.5. The maximum absolute atomic E-state index is 13.2. The quantitative estimate of drug-likeness (QED) is 0.0185. The summed E-state index contributed by atoms with van der Waals surface area (Å²) in [5.74, 6) is 2.42. The van der Waals surface area contributed by atoms with Crippen molar-refractivity contribution in [2.45, 2.75) is 45.4 Å². The van der Waals surface area contributed by atoms with Crippen LogP contribution < -0.4 is 23.7 Å². The average molecular weight is 705 g/mol. The molecule has 0 atom stereocenters. The maximum Gasteiger partial charge on any atom is 0.343 e. The van der Waals surface area contributed by atoms with Gasteiger partial charge in [0.2, 0.25) is 13.6 Å². The molecule has 0 N–H and O–H groups in total. The number of carbonyl (C=O) groups is 2. The number of benzene rings is 5. The van der Waals surface area contributed by atoms with Crippen LogP contribution in [0.25, 0.3) is 21.5 Å². The van der Waals surface area contributed by atoms with Crippen molar-refractivity contribution in [3.05, 3.63) is 128 Å². The standard InChI is InChI=1S/C43H44O9/c1-4-11-35-28-40(20-21-41(35)51-30-50-39-19-16-33-26-38(49-29-46-6-3)18-15-34(33)27-39)52-43(45)36-13-12-32-25-37(17-14-31(32)24-36)47-22-9-7-8-10-23-48-42(44)5-2/h5-6,12-21,24-28H,2-4,7-11,22-23,29-30H2,1H3. The molecular weight excluding hydrogens is 660 g/mol. The molecular formula is C43H44O9. The van der Waals surface area contributed by atoms with Crippen molar-refractivity contribution in [3.8, 4) is 28.7 Å². The Hall–Kier alpha value is -5.96. The Morgan fingerprint density at radius 2 is 1.21 bits per heavy atom. The van der Waals surface area contributed by atoms with Gasteiger partial charge < -0.3 is 33.2 Å². The van der Waals surface area contributed by atoms with E-state index in [1.807, 2.05) is 72.8 Å². The topological polar surface area (TPSA) is 98.8 Å². The molecule has 0 aliphatic carbocycles. The Kier molecular flexibility index (Phi) is 13.9. The van der Waals surface area contributed by atoms with Crippen molar-refractivity contribution in [1.29, 1.82) is 0 Å². The fourth-order valence-electron chi connectivity index (χ4n) is 5.50. The summed E-state index contributed by atoms with van der Waals surface area (Å²) in [6.45, 7) is 10.1. The molecule has 5 aromatic rings. The summed E-state index contributed by atoms with van der Waals surface area (Å²) in [6.07, 6.45) is 7.79. The number of fused-ring (bicyclic) bond motifs is 2. The summed E-state index contributed by atoms with van der Waals surface area (Å²) in [5.41, 5.74) is 1.37. The zero-order valence-corrected chi connectivity index (χ0v) is 29.5. The van der Waals surface area contributed by atoms with Gasteiger partial charge in [0.1, 0.15) is 28.7 Å². The molecule has 0 heterocycles. The van der Waals surface area contributed by atoms with Crippen LogP contribution in [0.5, 0.6) is 28.7 Å². The average Bonchev–Trinajstić information content (AvgIpc) is 3.16. The fraction of sp³-hybridized carbons (Fsp3) is 0.256. The first-order valence-electron chi connectivity index (χ1n) is 17.4. The van der Waals surface area contributed by atoms with E-state index in [1.165, 1.54) is 12.3 Å². The third-order valence-electron chi connectivity index (χ3n) is 8.16. The van der Waals surface area contributed by atoms with Crippen molar-refractivity contribution < 1.29 is 42.7 Å². The van der Waals surface area contributed by atoms with Gasteiger partial charge in [0, 0.05) is 6.08 Å². The Morgan fingerprint density at radius 1 is 0.615 bits per heavy atom.